The van der Waals surface area contributed by atoms with E-state index in [2.05, 4.69) is 28.2 Å². The molecule has 0 saturated heterocycles. The fourth-order valence-corrected chi connectivity index (χ4v) is 2.90. The van der Waals surface area contributed by atoms with Crippen molar-refractivity contribution in [3.05, 3.63) is 61.8 Å². The molecule has 1 unspecified atom stereocenters. The van der Waals surface area contributed by atoms with Crippen LogP contribution in [0.2, 0.25) is 10.0 Å². The molecule has 21 heavy (non-hydrogen) atoms. The first-order valence-electron chi connectivity index (χ1n) is 6.59. The van der Waals surface area contributed by atoms with Gasteiger partial charge < -0.3 is 5.32 Å². The molecule has 5 heteroatoms. The summed E-state index contributed by atoms with van der Waals surface area (Å²) in [6, 6.07) is 8.85. The van der Waals surface area contributed by atoms with Crippen LogP contribution < -0.4 is 5.32 Å². The van der Waals surface area contributed by atoms with Gasteiger partial charge in [-0.1, -0.05) is 36.2 Å². The Morgan fingerprint density at radius 2 is 1.90 bits per heavy atom. The summed E-state index contributed by atoms with van der Waals surface area (Å²) in [5.41, 5.74) is 2.77. The zero-order valence-electron chi connectivity index (χ0n) is 11.7. The predicted molar refractivity (Wildman–Crippen MR) is 92.0 cm³/mol. The van der Waals surface area contributed by atoms with Gasteiger partial charge in [0.1, 0.15) is 5.82 Å². The van der Waals surface area contributed by atoms with Crippen LogP contribution in [0.4, 0.5) is 10.1 Å². The van der Waals surface area contributed by atoms with Crippen LogP contribution in [-0.4, -0.2) is 0 Å². The maximum atomic E-state index is 13.7. The summed E-state index contributed by atoms with van der Waals surface area (Å²) < 4.78 is 14.2. The molecule has 0 spiro atoms. The SMILES string of the molecule is CCC(Nc1cc(F)c(Br)cc1C)c1ccc(Cl)c(Cl)c1. The van der Waals surface area contributed by atoms with E-state index in [4.69, 9.17) is 23.2 Å². The quantitative estimate of drug-likeness (QED) is 0.607. The molecule has 0 radical (unpaired) electrons. The van der Waals surface area contributed by atoms with Crippen LogP contribution in [0.3, 0.4) is 0 Å². The van der Waals surface area contributed by atoms with Crippen molar-refractivity contribution in [3.63, 3.8) is 0 Å². The summed E-state index contributed by atoms with van der Waals surface area (Å²) in [6.07, 6.45) is 0.842. The Labute approximate surface area is 142 Å². The lowest BCUT2D eigenvalue weighted by atomic mass is 10.0. The van der Waals surface area contributed by atoms with Crippen molar-refractivity contribution in [2.24, 2.45) is 0 Å². The van der Waals surface area contributed by atoms with Gasteiger partial charge in [-0.2, -0.15) is 0 Å². The van der Waals surface area contributed by atoms with Crippen molar-refractivity contribution in [1.29, 1.82) is 0 Å². The van der Waals surface area contributed by atoms with E-state index in [-0.39, 0.29) is 11.9 Å². The molecule has 1 N–H and O–H groups in total. The molecule has 0 bridgehead atoms. The summed E-state index contributed by atoms with van der Waals surface area (Å²) in [4.78, 5) is 0. The number of hydrogen-bond acceptors (Lipinski definition) is 1. The van der Waals surface area contributed by atoms with Gasteiger partial charge in [0.25, 0.3) is 0 Å². The normalized spacial score (nSPS) is 12.3. The second-order valence-corrected chi connectivity index (χ2v) is 6.53. The molecule has 0 aliphatic carbocycles. The molecule has 2 aromatic rings. The number of hydrogen-bond donors (Lipinski definition) is 1. The largest absolute Gasteiger partial charge is 0.378 e. The van der Waals surface area contributed by atoms with Crippen LogP contribution in [0.25, 0.3) is 0 Å². The lowest BCUT2D eigenvalue weighted by Crippen LogP contribution is -2.11. The zero-order chi connectivity index (χ0) is 15.6. The highest BCUT2D eigenvalue weighted by atomic mass is 79.9. The van der Waals surface area contributed by atoms with Gasteiger partial charge in [-0.05, 0) is 64.7 Å². The third-order valence-electron chi connectivity index (χ3n) is 3.35. The van der Waals surface area contributed by atoms with Crippen LogP contribution in [0.15, 0.2) is 34.8 Å². The zero-order valence-corrected chi connectivity index (χ0v) is 14.8. The van der Waals surface area contributed by atoms with Gasteiger partial charge in [-0.25, -0.2) is 4.39 Å². The second-order valence-electron chi connectivity index (χ2n) is 4.86. The molecular weight excluding hydrogens is 376 g/mol. The predicted octanol–water partition coefficient (Wildman–Crippen LogP) is 6.77. The van der Waals surface area contributed by atoms with Gasteiger partial charge in [0.2, 0.25) is 0 Å². The molecule has 0 amide bonds. The Hall–Kier alpha value is -0.770. The van der Waals surface area contributed by atoms with Crippen molar-refractivity contribution in [2.45, 2.75) is 26.3 Å². The first-order valence-corrected chi connectivity index (χ1v) is 8.14. The van der Waals surface area contributed by atoms with Crippen LogP contribution in [-0.2, 0) is 0 Å². The number of anilines is 1. The van der Waals surface area contributed by atoms with E-state index in [1.54, 1.807) is 12.1 Å². The van der Waals surface area contributed by atoms with E-state index in [1.165, 1.54) is 6.07 Å². The highest BCUT2D eigenvalue weighted by Gasteiger charge is 2.13. The molecule has 0 fully saturated rings. The van der Waals surface area contributed by atoms with E-state index >= 15 is 0 Å². The number of rotatable bonds is 4. The molecule has 2 rings (SSSR count). The van der Waals surface area contributed by atoms with Crippen LogP contribution in [0, 0.1) is 12.7 Å². The second kappa shape index (κ2) is 6.99. The third kappa shape index (κ3) is 3.91. The van der Waals surface area contributed by atoms with E-state index < -0.39 is 0 Å². The van der Waals surface area contributed by atoms with Crippen molar-refractivity contribution in [1.82, 2.24) is 0 Å². The van der Waals surface area contributed by atoms with Crippen LogP contribution in [0.1, 0.15) is 30.5 Å². The smallest absolute Gasteiger partial charge is 0.139 e. The Kier molecular flexibility index (Phi) is 5.53. The highest BCUT2D eigenvalue weighted by Crippen LogP contribution is 2.31. The molecule has 0 heterocycles. The van der Waals surface area contributed by atoms with Gasteiger partial charge in [-0.3, -0.25) is 0 Å². The number of aryl methyl sites for hydroxylation is 1. The third-order valence-corrected chi connectivity index (χ3v) is 4.70. The van der Waals surface area contributed by atoms with Gasteiger partial charge in [0.15, 0.2) is 0 Å². The minimum atomic E-state index is -0.285. The summed E-state index contributed by atoms with van der Waals surface area (Å²) in [5.74, 6) is -0.285. The average molecular weight is 391 g/mol. The Balaban J connectivity index is 2.31. The lowest BCUT2D eigenvalue weighted by Gasteiger charge is -2.21. The molecule has 2 aromatic carbocycles. The topological polar surface area (TPSA) is 12.0 Å². The summed E-state index contributed by atoms with van der Waals surface area (Å²) >= 11 is 15.2. The van der Waals surface area contributed by atoms with Crippen LogP contribution in [0.5, 0.6) is 0 Å². The molecule has 1 nitrogen and oxygen atoms in total. The number of nitrogens with one attached hydrogen (secondary N) is 1. The molecule has 0 saturated carbocycles. The summed E-state index contributed by atoms with van der Waals surface area (Å²) in [7, 11) is 0. The number of benzene rings is 2. The number of halogens is 4. The monoisotopic (exact) mass is 389 g/mol. The molecule has 0 aliphatic heterocycles. The lowest BCUT2D eigenvalue weighted by molar-refractivity contribution is 0.620. The molecule has 1 atom stereocenters. The highest BCUT2D eigenvalue weighted by molar-refractivity contribution is 9.10. The molecular formula is C16H15BrCl2FN. The van der Waals surface area contributed by atoms with Gasteiger partial charge in [0.05, 0.1) is 20.6 Å². The summed E-state index contributed by atoms with van der Waals surface area (Å²) in [5, 5.41) is 4.42. The minimum absolute atomic E-state index is 0.0408. The maximum absolute atomic E-state index is 13.7. The minimum Gasteiger partial charge on any atom is -0.378 e. The Morgan fingerprint density at radius 3 is 2.52 bits per heavy atom. The molecule has 0 aromatic heterocycles. The van der Waals surface area contributed by atoms with Crippen molar-refractivity contribution in [3.8, 4) is 0 Å². The maximum Gasteiger partial charge on any atom is 0.139 e. The Morgan fingerprint density at radius 1 is 1.19 bits per heavy atom. The first-order chi connectivity index (χ1) is 9.92. The van der Waals surface area contributed by atoms with Gasteiger partial charge in [-0.15, -0.1) is 0 Å². The molecule has 112 valence electrons. The van der Waals surface area contributed by atoms with Crippen LogP contribution >= 0.6 is 39.1 Å². The van der Waals surface area contributed by atoms with Gasteiger partial charge in [0, 0.05) is 5.69 Å². The van der Waals surface area contributed by atoms with Crippen molar-refractivity contribution < 1.29 is 4.39 Å². The van der Waals surface area contributed by atoms with Gasteiger partial charge >= 0.3 is 0 Å². The van der Waals surface area contributed by atoms with E-state index in [1.807, 2.05) is 19.1 Å². The standard InChI is InChI=1S/C16H15BrCl2FN/c1-3-15(10-4-5-12(18)13(19)7-10)21-16-8-14(20)11(17)6-9(16)2/h4-8,15,21H,3H2,1-2H3. The molecule has 0 aliphatic rings. The van der Waals surface area contributed by atoms with Crippen molar-refractivity contribution >= 4 is 44.8 Å². The fraction of sp³-hybridized carbons (Fsp3) is 0.250. The van der Waals surface area contributed by atoms with Crippen molar-refractivity contribution in [2.75, 3.05) is 5.32 Å². The van der Waals surface area contributed by atoms with E-state index in [0.29, 0.717) is 14.5 Å². The average Bonchev–Trinajstić information content (AvgIpc) is 2.44. The fourth-order valence-electron chi connectivity index (χ4n) is 2.14. The summed E-state index contributed by atoms with van der Waals surface area (Å²) in [6.45, 7) is 4.00. The Bertz CT molecular complexity index is 661. The van der Waals surface area contributed by atoms with E-state index in [9.17, 15) is 4.39 Å². The van der Waals surface area contributed by atoms with E-state index in [0.717, 1.165) is 23.2 Å². The first kappa shape index (κ1) is 16.6.